The van der Waals surface area contributed by atoms with Gasteiger partial charge in [-0.05, 0) is 6.92 Å². The van der Waals surface area contributed by atoms with Gasteiger partial charge in [-0.3, -0.25) is 10.1 Å². The monoisotopic (exact) mass is 272 g/mol. The molecule has 0 aromatic carbocycles. The van der Waals surface area contributed by atoms with E-state index < -0.39 is 34.8 Å². The molecule has 0 aliphatic rings. The first-order valence-corrected chi connectivity index (χ1v) is 4.31. The number of hydrogen-bond acceptors (Lipinski definition) is 4. The summed E-state index contributed by atoms with van der Waals surface area (Å²) in [4.78, 5) is 12.4. The van der Waals surface area contributed by atoms with Crippen LogP contribution < -0.4 is 4.74 Å². The molecule has 100 valence electrons. The van der Waals surface area contributed by atoms with E-state index in [-0.39, 0.29) is 5.69 Å². The van der Waals surface area contributed by atoms with Crippen molar-refractivity contribution >= 4 is 5.69 Å². The maximum atomic E-state index is 12.5. The molecular weight excluding hydrogens is 267 g/mol. The maximum Gasteiger partial charge on any atom is 0.573 e. The molecule has 0 saturated heterocycles. The maximum absolute atomic E-state index is 12.5. The molecule has 0 amide bonds. The van der Waals surface area contributed by atoms with Crippen LogP contribution in [0.2, 0.25) is 0 Å². The molecule has 0 unspecified atom stereocenters. The fourth-order valence-electron chi connectivity index (χ4n) is 1.17. The summed E-state index contributed by atoms with van der Waals surface area (Å²) < 4.78 is 64.3. The number of alkyl halides is 5. The van der Waals surface area contributed by atoms with Gasteiger partial charge in [-0.15, -0.1) is 13.2 Å². The van der Waals surface area contributed by atoms with Gasteiger partial charge in [-0.25, -0.2) is 13.8 Å². The average molecular weight is 272 g/mol. The van der Waals surface area contributed by atoms with E-state index in [2.05, 4.69) is 9.72 Å². The van der Waals surface area contributed by atoms with Gasteiger partial charge in [-0.1, -0.05) is 0 Å². The van der Waals surface area contributed by atoms with Crippen LogP contribution in [-0.4, -0.2) is 16.3 Å². The van der Waals surface area contributed by atoms with E-state index in [1.165, 1.54) is 0 Å². The minimum atomic E-state index is -5.33. The van der Waals surface area contributed by atoms with Gasteiger partial charge in [-0.2, -0.15) is 0 Å². The van der Waals surface area contributed by atoms with E-state index in [1.807, 2.05) is 0 Å². The van der Waals surface area contributed by atoms with Crippen LogP contribution in [0.25, 0.3) is 0 Å². The minimum absolute atomic E-state index is 0.216. The smallest absolute Gasteiger partial charge is 0.396 e. The quantitative estimate of drug-likeness (QED) is 0.481. The number of halogens is 5. The molecule has 0 aliphatic heterocycles. The van der Waals surface area contributed by atoms with E-state index in [1.54, 1.807) is 0 Å². The van der Waals surface area contributed by atoms with Crippen molar-refractivity contribution in [2.24, 2.45) is 0 Å². The predicted molar refractivity (Wildman–Crippen MR) is 47.3 cm³/mol. The lowest BCUT2D eigenvalue weighted by Gasteiger charge is -2.12. The number of pyridine rings is 1. The van der Waals surface area contributed by atoms with E-state index in [0.717, 1.165) is 6.92 Å². The van der Waals surface area contributed by atoms with Gasteiger partial charge in [0.05, 0.1) is 4.92 Å². The Bertz CT molecular complexity index is 475. The zero-order valence-corrected chi connectivity index (χ0v) is 8.66. The molecule has 10 heteroatoms. The van der Waals surface area contributed by atoms with Crippen LogP contribution in [0.4, 0.5) is 27.6 Å². The number of ether oxygens (including phenoxy) is 1. The second kappa shape index (κ2) is 4.70. The normalized spacial score (nSPS) is 11.7. The van der Waals surface area contributed by atoms with Gasteiger partial charge in [0.1, 0.15) is 0 Å². The first kappa shape index (κ1) is 14.1. The molecule has 1 aromatic rings. The van der Waals surface area contributed by atoms with Crippen molar-refractivity contribution in [2.75, 3.05) is 0 Å². The van der Waals surface area contributed by atoms with Gasteiger partial charge in [0, 0.05) is 11.8 Å². The predicted octanol–water partition coefficient (Wildman–Crippen LogP) is 3.13. The van der Waals surface area contributed by atoms with Crippen molar-refractivity contribution in [3.8, 4) is 5.75 Å². The molecule has 0 N–H and O–H groups in total. The molecule has 1 heterocycles. The molecule has 0 bridgehead atoms. The number of aryl methyl sites for hydroxylation is 1. The topological polar surface area (TPSA) is 65.3 Å². The number of rotatable bonds is 3. The van der Waals surface area contributed by atoms with Crippen molar-refractivity contribution in [3.05, 3.63) is 27.6 Å². The fraction of sp³-hybridized carbons (Fsp3) is 0.375. The minimum Gasteiger partial charge on any atom is -0.396 e. The molecule has 0 saturated carbocycles. The summed E-state index contributed by atoms with van der Waals surface area (Å²) in [5.41, 5.74) is -2.85. The Hall–Kier alpha value is -2.00. The SMILES string of the molecule is Cc1cc([N+](=O)[O-])c(OC(F)(F)F)c(C(F)F)n1. The van der Waals surface area contributed by atoms with Crippen molar-refractivity contribution in [1.82, 2.24) is 4.98 Å². The van der Waals surface area contributed by atoms with Crippen LogP contribution in [-0.2, 0) is 0 Å². The fourth-order valence-corrected chi connectivity index (χ4v) is 1.17. The summed E-state index contributed by atoms with van der Waals surface area (Å²) in [6.45, 7) is 1.14. The zero-order chi connectivity index (χ0) is 14.1. The molecule has 1 rings (SSSR count). The van der Waals surface area contributed by atoms with Crippen LogP contribution in [0.5, 0.6) is 5.75 Å². The van der Waals surface area contributed by atoms with Gasteiger partial charge in [0.2, 0.25) is 5.75 Å². The van der Waals surface area contributed by atoms with Gasteiger partial charge >= 0.3 is 12.0 Å². The molecule has 1 aromatic heterocycles. The van der Waals surface area contributed by atoms with Crippen LogP contribution >= 0.6 is 0 Å². The number of aromatic nitrogens is 1. The van der Waals surface area contributed by atoms with E-state index in [4.69, 9.17) is 0 Å². The number of nitrogens with zero attached hydrogens (tertiary/aromatic N) is 2. The average Bonchev–Trinajstić information content (AvgIpc) is 2.17. The Morgan fingerprint density at radius 2 is 2.00 bits per heavy atom. The Balaban J connectivity index is 3.46. The van der Waals surface area contributed by atoms with Crippen molar-refractivity contribution in [3.63, 3.8) is 0 Å². The Labute approximate surface area is 96.3 Å². The Morgan fingerprint density at radius 3 is 2.39 bits per heavy atom. The lowest BCUT2D eigenvalue weighted by atomic mass is 10.2. The molecular formula is C8H5F5N2O3. The Morgan fingerprint density at radius 1 is 1.44 bits per heavy atom. The molecule has 0 radical (unpaired) electrons. The molecule has 0 atom stereocenters. The highest BCUT2D eigenvalue weighted by molar-refractivity contribution is 5.50. The first-order chi connectivity index (χ1) is 8.11. The largest absolute Gasteiger partial charge is 0.573 e. The standard InChI is InChI=1S/C8H5F5N2O3/c1-3-2-4(15(16)17)6(18-8(11,12)13)5(14-3)7(9)10/h2,7H,1H3. The van der Waals surface area contributed by atoms with Crippen molar-refractivity contribution < 1.29 is 31.6 Å². The second-order valence-electron chi connectivity index (χ2n) is 3.10. The van der Waals surface area contributed by atoms with Gasteiger partial charge in [0.25, 0.3) is 6.43 Å². The van der Waals surface area contributed by atoms with Gasteiger partial charge in [0.15, 0.2) is 5.69 Å². The first-order valence-electron chi connectivity index (χ1n) is 4.31. The molecule has 0 aliphatic carbocycles. The number of nitro groups is 1. The zero-order valence-electron chi connectivity index (χ0n) is 8.66. The highest BCUT2D eigenvalue weighted by Crippen LogP contribution is 2.39. The third-order valence-electron chi connectivity index (χ3n) is 1.73. The summed E-state index contributed by atoms with van der Waals surface area (Å²) in [5.74, 6) is -1.59. The third-order valence-corrected chi connectivity index (χ3v) is 1.73. The van der Waals surface area contributed by atoms with E-state index in [9.17, 15) is 32.1 Å². The summed E-state index contributed by atoms with van der Waals surface area (Å²) in [6, 6.07) is 0.618. The van der Waals surface area contributed by atoms with Gasteiger partial charge < -0.3 is 4.74 Å². The van der Waals surface area contributed by atoms with Crippen LogP contribution in [0, 0.1) is 17.0 Å². The molecule has 5 nitrogen and oxygen atoms in total. The summed E-state index contributed by atoms with van der Waals surface area (Å²) in [5, 5.41) is 10.5. The third kappa shape index (κ3) is 3.25. The summed E-state index contributed by atoms with van der Waals surface area (Å²) >= 11 is 0. The molecule has 0 fully saturated rings. The lowest BCUT2D eigenvalue weighted by Crippen LogP contribution is -2.20. The van der Waals surface area contributed by atoms with E-state index >= 15 is 0 Å². The molecule has 0 spiro atoms. The van der Waals surface area contributed by atoms with Crippen molar-refractivity contribution in [1.29, 1.82) is 0 Å². The highest BCUT2D eigenvalue weighted by Gasteiger charge is 2.38. The van der Waals surface area contributed by atoms with Crippen molar-refractivity contribution in [2.45, 2.75) is 19.7 Å². The lowest BCUT2D eigenvalue weighted by molar-refractivity contribution is -0.389. The van der Waals surface area contributed by atoms with Crippen LogP contribution in [0.15, 0.2) is 6.07 Å². The van der Waals surface area contributed by atoms with Crippen LogP contribution in [0.1, 0.15) is 17.8 Å². The van der Waals surface area contributed by atoms with E-state index in [0.29, 0.717) is 6.07 Å². The Kier molecular flexibility index (Phi) is 3.67. The summed E-state index contributed by atoms with van der Waals surface area (Å²) in [7, 11) is 0. The van der Waals surface area contributed by atoms with Crippen LogP contribution in [0.3, 0.4) is 0 Å². The summed E-state index contributed by atoms with van der Waals surface area (Å²) in [6.07, 6.45) is -8.76. The highest BCUT2D eigenvalue weighted by atomic mass is 19.4. The second-order valence-corrected chi connectivity index (χ2v) is 3.10. The molecule has 18 heavy (non-hydrogen) atoms. The number of hydrogen-bond donors (Lipinski definition) is 0.